The number of ether oxygens (including phenoxy) is 1. The number of para-hydroxylation sites is 1. The molecule has 210 valence electrons. The van der Waals surface area contributed by atoms with Gasteiger partial charge >= 0.3 is 6.03 Å². The van der Waals surface area contributed by atoms with Gasteiger partial charge in [-0.25, -0.2) is 9.78 Å². The average molecular weight is 561 g/mol. The first-order valence-electron chi connectivity index (χ1n) is 13.8. The Morgan fingerprint density at radius 1 is 1.05 bits per heavy atom. The van der Waals surface area contributed by atoms with Crippen LogP contribution < -0.4 is 15.6 Å². The summed E-state index contributed by atoms with van der Waals surface area (Å²) in [6.07, 6.45) is 4.02. The second-order valence-electron chi connectivity index (χ2n) is 10.1. The van der Waals surface area contributed by atoms with Gasteiger partial charge in [0.2, 0.25) is 0 Å². The number of amides is 2. The standard InChI is InChI=1S/C32H37ClN4O3/c1-6-7-8-9-19-36(32(39)35-29-21(2)11-10-12-22(29)3)23(4)30-34-28-20-24(33)13-18-27(28)31(38)37(30)25-14-16-26(40-5)17-15-25/h10-18,20,23H,6-9,19H2,1-5H3,(H,35,39). The number of hydrogen-bond donors (Lipinski definition) is 1. The number of halogens is 1. The molecule has 0 saturated carbocycles. The van der Waals surface area contributed by atoms with Crippen LogP contribution in [0.15, 0.2) is 65.5 Å². The molecular weight excluding hydrogens is 524 g/mol. The van der Waals surface area contributed by atoms with Gasteiger partial charge < -0.3 is 15.0 Å². The monoisotopic (exact) mass is 560 g/mol. The molecule has 1 aromatic heterocycles. The van der Waals surface area contributed by atoms with Gasteiger partial charge in [0, 0.05) is 17.3 Å². The molecule has 1 heterocycles. The molecule has 0 aliphatic carbocycles. The van der Waals surface area contributed by atoms with E-state index < -0.39 is 6.04 Å². The normalized spacial score (nSPS) is 11.8. The lowest BCUT2D eigenvalue weighted by Gasteiger charge is -2.31. The molecule has 0 spiro atoms. The quantitative estimate of drug-likeness (QED) is 0.200. The highest BCUT2D eigenvalue weighted by Gasteiger charge is 2.27. The van der Waals surface area contributed by atoms with E-state index in [1.807, 2.05) is 51.1 Å². The van der Waals surface area contributed by atoms with Crippen LogP contribution in [0.3, 0.4) is 0 Å². The van der Waals surface area contributed by atoms with Crippen molar-refractivity contribution in [1.82, 2.24) is 14.5 Å². The summed E-state index contributed by atoms with van der Waals surface area (Å²) in [6.45, 7) is 8.55. The average Bonchev–Trinajstić information content (AvgIpc) is 2.94. The zero-order chi connectivity index (χ0) is 28.8. The lowest BCUT2D eigenvalue weighted by Crippen LogP contribution is -2.40. The van der Waals surface area contributed by atoms with Crippen molar-refractivity contribution in [2.24, 2.45) is 0 Å². The molecule has 2 amide bonds. The first-order valence-corrected chi connectivity index (χ1v) is 14.1. The molecule has 1 N–H and O–H groups in total. The maximum atomic E-state index is 13.9. The van der Waals surface area contributed by atoms with Crippen LogP contribution in [0.25, 0.3) is 16.6 Å². The first-order chi connectivity index (χ1) is 19.2. The van der Waals surface area contributed by atoms with Crippen molar-refractivity contribution in [1.29, 1.82) is 0 Å². The van der Waals surface area contributed by atoms with Crippen LogP contribution in [0.4, 0.5) is 10.5 Å². The van der Waals surface area contributed by atoms with Gasteiger partial charge in [-0.1, -0.05) is 56.0 Å². The summed E-state index contributed by atoms with van der Waals surface area (Å²) in [7, 11) is 1.60. The number of fused-ring (bicyclic) bond motifs is 1. The number of anilines is 1. The molecule has 8 heteroatoms. The summed E-state index contributed by atoms with van der Waals surface area (Å²) >= 11 is 6.29. The number of unbranched alkanes of at least 4 members (excludes halogenated alkanes) is 3. The van der Waals surface area contributed by atoms with Crippen LogP contribution in [0.1, 0.15) is 62.5 Å². The van der Waals surface area contributed by atoms with Crippen molar-refractivity contribution in [3.05, 3.63) is 93.0 Å². The van der Waals surface area contributed by atoms with Gasteiger partial charge in [0.25, 0.3) is 5.56 Å². The molecule has 0 fully saturated rings. The van der Waals surface area contributed by atoms with E-state index >= 15 is 0 Å². The number of nitrogens with one attached hydrogen (secondary N) is 1. The number of nitrogens with zero attached hydrogens (tertiary/aromatic N) is 3. The summed E-state index contributed by atoms with van der Waals surface area (Å²) < 4.78 is 6.92. The smallest absolute Gasteiger partial charge is 0.322 e. The van der Waals surface area contributed by atoms with Gasteiger partial charge in [-0.3, -0.25) is 9.36 Å². The molecule has 0 bridgehead atoms. The van der Waals surface area contributed by atoms with Crippen LogP contribution in [0, 0.1) is 13.8 Å². The van der Waals surface area contributed by atoms with Crippen molar-refractivity contribution in [3.63, 3.8) is 0 Å². The number of methoxy groups -OCH3 is 1. The fraction of sp³-hybridized carbons (Fsp3) is 0.344. The molecule has 0 aliphatic heterocycles. The fourth-order valence-electron chi connectivity index (χ4n) is 4.95. The Kier molecular flexibility index (Phi) is 9.48. The second-order valence-corrected chi connectivity index (χ2v) is 10.5. The highest BCUT2D eigenvalue weighted by Crippen LogP contribution is 2.27. The maximum absolute atomic E-state index is 13.9. The molecule has 4 rings (SSSR count). The Bertz CT molecular complexity index is 1530. The molecule has 0 saturated heterocycles. The minimum Gasteiger partial charge on any atom is -0.497 e. The Morgan fingerprint density at radius 2 is 1.75 bits per heavy atom. The fourth-order valence-corrected chi connectivity index (χ4v) is 5.11. The highest BCUT2D eigenvalue weighted by atomic mass is 35.5. The van der Waals surface area contributed by atoms with Crippen molar-refractivity contribution in [3.8, 4) is 11.4 Å². The van der Waals surface area contributed by atoms with Gasteiger partial charge in [-0.05, 0) is 80.8 Å². The third-order valence-electron chi connectivity index (χ3n) is 7.26. The van der Waals surface area contributed by atoms with Crippen LogP contribution in [0.5, 0.6) is 5.75 Å². The topological polar surface area (TPSA) is 76.5 Å². The Balaban J connectivity index is 1.84. The number of aryl methyl sites for hydroxylation is 2. The molecular formula is C32H37ClN4O3. The number of carbonyl (C=O) groups excluding carboxylic acids is 1. The number of aromatic nitrogens is 2. The van der Waals surface area contributed by atoms with Gasteiger partial charge in [-0.15, -0.1) is 0 Å². The number of urea groups is 1. The molecule has 3 aromatic carbocycles. The molecule has 1 atom stereocenters. The predicted octanol–water partition coefficient (Wildman–Crippen LogP) is 7.84. The zero-order valence-corrected chi connectivity index (χ0v) is 24.6. The van der Waals surface area contributed by atoms with Crippen molar-refractivity contribution >= 4 is 34.2 Å². The first kappa shape index (κ1) is 29.2. The SMILES string of the molecule is CCCCCCN(C(=O)Nc1c(C)cccc1C)C(C)c1nc2cc(Cl)ccc2c(=O)n1-c1ccc(OC)cc1. The number of hydrogen-bond acceptors (Lipinski definition) is 4. The van der Waals surface area contributed by atoms with Crippen molar-refractivity contribution in [2.45, 2.75) is 59.4 Å². The summed E-state index contributed by atoms with van der Waals surface area (Å²) in [5.41, 5.74) is 3.67. The van der Waals surface area contributed by atoms with E-state index in [1.54, 1.807) is 46.9 Å². The zero-order valence-electron chi connectivity index (χ0n) is 23.8. The third-order valence-corrected chi connectivity index (χ3v) is 7.49. The van der Waals surface area contributed by atoms with Crippen molar-refractivity contribution < 1.29 is 9.53 Å². The highest BCUT2D eigenvalue weighted by molar-refractivity contribution is 6.31. The number of carbonyl (C=O) groups is 1. The maximum Gasteiger partial charge on any atom is 0.322 e. The largest absolute Gasteiger partial charge is 0.497 e. The molecule has 4 aromatic rings. The van der Waals surface area contributed by atoms with E-state index in [4.69, 9.17) is 21.3 Å². The summed E-state index contributed by atoms with van der Waals surface area (Å²) in [4.78, 5) is 34.5. The van der Waals surface area contributed by atoms with Gasteiger partial charge in [-0.2, -0.15) is 0 Å². The van der Waals surface area contributed by atoms with E-state index in [2.05, 4.69) is 12.2 Å². The van der Waals surface area contributed by atoms with Crippen LogP contribution in [0.2, 0.25) is 5.02 Å². The lowest BCUT2D eigenvalue weighted by atomic mass is 10.1. The second kappa shape index (κ2) is 13.0. The minimum absolute atomic E-state index is 0.227. The summed E-state index contributed by atoms with van der Waals surface area (Å²) in [5.74, 6) is 1.13. The Labute approximate surface area is 240 Å². The van der Waals surface area contributed by atoms with Crippen LogP contribution in [-0.2, 0) is 0 Å². The lowest BCUT2D eigenvalue weighted by molar-refractivity contribution is 0.187. The molecule has 0 aliphatic rings. The summed E-state index contributed by atoms with van der Waals surface area (Å²) in [5, 5.41) is 4.08. The number of rotatable bonds is 10. The van der Waals surface area contributed by atoms with E-state index in [0.717, 1.165) is 42.5 Å². The predicted molar refractivity (Wildman–Crippen MR) is 163 cm³/mol. The van der Waals surface area contributed by atoms with Crippen LogP contribution >= 0.6 is 11.6 Å². The van der Waals surface area contributed by atoms with E-state index in [0.29, 0.717) is 39.7 Å². The van der Waals surface area contributed by atoms with E-state index in [1.165, 1.54) is 0 Å². The summed E-state index contributed by atoms with van der Waals surface area (Å²) in [6, 6.07) is 17.5. The molecule has 1 unspecified atom stereocenters. The Morgan fingerprint density at radius 3 is 2.40 bits per heavy atom. The molecule has 0 radical (unpaired) electrons. The molecule has 40 heavy (non-hydrogen) atoms. The molecule has 7 nitrogen and oxygen atoms in total. The van der Waals surface area contributed by atoms with E-state index in [9.17, 15) is 9.59 Å². The minimum atomic E-state index is -0.524. The van der Waals surface area contributed by atoms with Gasteiger partial charge in [0.1, 0.15) is 11.6 Å². The number of benzene rings is 3. The van der Waals surface area contributed by atoms with Crippen molar-refractivity contribution in [2.75, 3.05) is 19.0 Å². The van der Waals surface area contributed by atoms with Gasteiger partial charge in [0.15, 0.2) is 0 Å². The van der Waals surface area contributed by atoms with Gasteiger partial charge in [0.05, 0.1) is 29.7 Å². The van der Waals surface area contributed by atoms with E-state index in [-0.39, 0.29) is 11.6 Å². The van der Waals surface area contributed by atoms with Crippen LogP contribution in [-0.4, -0.2) is 34.1 Å². The third kappa shape index (κ3) is 6.31. The Hall–Kier alpha value is -3.84.